The van der Waals surface area contributed by atoms with Gasteiger partial charge in [-0.3, -0.25) is 14.5 Å². The summed E-state index contributed by atoms with van der Waals surface area (Å²) in [5.74, 6) is -1.77. The molecule has 6 heteroatoms. The smallest absolute Gasteiger partial charge is 0.322 e. The van der Waals surface area contributed by atoms with Crippen LogP contribution in [0.5, 0.6) is 0 Å². The van der Waals surface area contributed by atoms with Crippen molar-refractivity contribution in [2.75, 3.05) is 6.54 Å². The Hall–Kier alpha value is -0.750. The van der Waals surface area contributed by atoms with Gasteiger partial charge in [0, 0.05) is 4.75 Å². The molecule has 1 heterocycles. The van der Waals surface area contributed by atoms with Crippen LogP contribution in [0.4, 0.5) is 0 Å². The fraction of sp³-hybridized carbons (Fsp3) is 0.800. The van der Waals surface area contributed by atoms with Gasteiger partial charge in [0.25, 0.3) is 0 Å². The number of nitrogens with zero attached hydrogens (tertiary/aromatic N) is 1. The van der Waals surface area contributed by atoms with Crippen molar-refractivity contribution in [2.45, 2.75) is 43.4 Å². The molecule has 16 heavy (non-hydrogen) atoms. The topological polar surface area (TPSA) is 77.8 Å². The van der Waals surface area contributed by atoms with Crippen molar-refractivity contribution in [3.8, 4) is 0 Å². The second kappa shape index (κ2) is 4.63. The lowest BCUT2D eigenvalue weighted by atomic mass is 10.0. The molecule has 5 nitrogen and oxygen atoms in total. The molecule has 0 amide bonds. The highest BCUT2D eigenvalue weighted by molar-refractivity contribution is 8.01. The van der Waals surface area contributed by atoms with Gasteiger partial charge in [0.1, 0.15) is 6.04 Å². The van der Waals surface area contributed by atoms with Gasteiger partial charge in [0.15, 0.2) is 0 Å². The third-order valence-corrected chi connectivity index (χ3v) is 4.29. The molecule has 2 unspecified atom stereocenters. The number of hydrogen-bond acceptors (Lipinski definition) is 4. The molecular weight excluding hydrogens is 230 g/mol. The molecule has 0 radical (unpaired) electrons. The fourth-order valence-electron chi connectivity index (χ4n) is 2.18. The van der Waals surface area contributed by atoms with E-state index in [2.05, 4.69) is 0 Å². The minimum Gasteiger partial charge on any atom is -0.481 e. The summed E-state index contributed by atoms with van der Waals surface area (Å²) in [5, 5.41) is 17.7. The van der Waals surface area contributed by atoms with E-state index in [1.54, 1.807) is 4.90 Å². The maximum atomic E-state index is 11.2. The van der Waals surface area contributed by atoms with E-state index in [1.165, 1.54) is 11.8 Å². The van der Waals surface area contributed by atoms with E-state index >= 15 is 0 Å². The monoisotopic (exact) mass is 247 g/mol. The number of hydrogen-bond donors (Lipinski definition) is 2. The zero-order valence-electron chi connectivity index (χ0n) is 9.64. The van der Waals surface area contributed by atoms with Crippen LogP contribution in [-0.2, 0) is 9.59 Å². The SMILES string of the molecule is CCN1C(CC(=O)O)SC(C)(C)C1C(=O)O. The molecule has 0 aromatic rings. The lowest BCUT2D eigenvalue weighted by Gasteiger charge is -2.27. The zero-order valence-corrected chi connectivity index (χ0v) is 10.5. The number of carbonyl (C=O) groups is 2. The van der Waals surface area contributed by atoms with Gasteiger partial charge in [-0.25, -0.2) is 0 Å². The van der Waals surface area contributed by atoms with Crippen molar-refractivity contribution < 1.29 is 19.8 Å². The van der Waals surface area contributed by atoms with Crippen molar-refractivity contribution >= 4 is 23.7 Å². The predicted octanol–water partition coefficient (Wildman–Crippen LogP) is 1.09. The molecule has 2 N–H and O–H groups in total. The van der Waals surface area contributed by atoms with Crippen LogP contribution in [0.3, 0.4) is 0 Å². The van der Waals surface area contributed by atoms with E-state index in [0.717, 1.165) is 0 Å². The minimum atomic E-state index is -0.891. The van der Waals surface area contributed by atoms with Crippen LogP contribution in [0.1, 0.15) is 27.2 Å². The first-order chi connectivity index (χ1) is 7.29. The predicted molar refractivity (Wildman–Crippen MR) is 61.5 cm³/mol. The van der Waals surface area contributed by atoms with E-state index in [0.29, 0.717) is 6.54 Å². The van der Waals surface area contributed by atoms with Crippen molar-refractivity contribution in [3.63, 3.8) is 0 Å². The Labute approximate surface area is 98.8 Å². The molecule has 0 aromatic carbocycles. The molecule has 2 atom stereocenters. The summed E-state index contributed by atoms with van der Waals surface area (Å²) in [6, 6.07) is -0.619. The van der Waals surface area contributed by atoms with Gasteiger partial charge in [-0.2, -0.15) is 0 Å². The largest absolute Gasteiger partial charge is 0.481 e. The highest BCUT2D eigenvalue weighted by atomic mass is 32.2. The van der Waals surface area contributed by atoms with Gasteiger partial charge in [0.2, 0.25) is 0 Å². The highest BCUT2D eigenvalue weighted by Gasteiger charge is 2.50. The second-order valence-electron chi connectivity index (χ2n) is 4.35. The molecule has 1 fully saturated rings. The summed E-state index contributed by atoms with van der Waals surface area (Å²) < 4.78 is -0.456. The fourth-order valence-corrected chi connectivity index (χ4v) is 3.88. The first kappa shape index (κ1) is 13.3. The van der Waals surface area contributed by atoms with Crippen LogP contribution >= 0.6 is 11.8 Å². The average Bonchev–Trinajstić information content (AvgIpc) is 2.34. The van der Waals surface area contributed by atoms with Crippen molar-refractivity contribution in [2.24, 2.45) is 0 Å². The average molecular weight is 247 g/mol. The summed E-state index contributed by atoms with van der Waals surface area (Å²) >= 11 is 1.43. The Balaban J connectivity index is 2.92. The molecule has 1 aliphatic rings. The molecule has 1 aliphatic heterocycles. The summed E-state index contributed by atoms with van der Waals surface area (Å²) in [5.41, 5.74) is 0. The molecule has 0 bridgehead atoms. The lowest BCUT2D eigenvalue weighted by Crippen LogP contribution is -2.47. The van der Waals surface area contributed by atoms with Crippen LogP contribution in [0, 0.1) is 0 Å². The van der Waals surface area contributed by atoms with Crippen molar-refractivity contribution in [1.82, 2.24) is 4.90 Å². The maximum absolute atomic E-state index is 11.2. The number of carboxylic acid groups (broad SMARTS) is 2. The summed E-state index contributed by atoms with van der Waals surface area (Å²) in [4.78, 5) is 23.7. The van der Waals surface area contributed by atoms with E-state index in [4.69, 9.17) is 5.11 Å². The number of thioether (sulfide) groups is 1. The van der Waals surface area contributed by atoms with Crippen LogP contribution in [0.15, 0.2) is 0 Å². The van der Waals surface area contributed by atoms with Crippen molar-refractivity contribution in [1.29, 1.82) is 0 Å². The van der Waals surface area contributed by atoms with Crippen LogP contribution < -0.4 is 0 Å². The van der Waals surface area contributed by atoms with Gasteiger partial charge >= 0.3 is 11.9 Å². The maximum Gasteiger partial charge on any atom is 0.322 e. The summed E-state index contributed by atoms with van der Waals surface area (Å²) in [6.07, 6.45) is -0.0221. The van der Waals surface area contributed by atoms with Crippen LogP contribution in [0.25, 0.3) is 0 Å². The first-order valence-electron chi connectivity index (χ1n) is 5.17. The first-order valence-corrected chi connectivity index (χ1v) is 6.05. The van der Waals surface area contributed by atoms with E-state index in [-0.39, 0.29) is 11.8 Å². The Morgan fingerprint density at radius 3 is 2.31 bits per heavy atom. The third kappa shape index (κ3) is 2.49. The number of rotatable bonds is 4. The molecular formula is C10H17NO4S. The molecule has 0 spiro atoms. The number of likely N-dealkylation sites (N-methyl/N-ethyl adjacent to an activating group) is 1. The summed E-state index contributed by atoms with van der Waals surface area (Å²) in [6.45, 7) is 6.10. The summed E-state index contributed by atoms with van der Waals surface area (Å²) in [7, 11) is 0. The molecule has 0 aliphatic carbocycles. The number of aliphatic carboxylic acids is 2. The second-order valence-corrected chi connectivity index (χ2v) is 6.18. The van der Waals surface area contributed by atoms with E-state index < -0.39 is 22.7 Å². The molecule has 92 valence electrons. The minimum absolute atomic E-state index is 0.0221. The highest BCUT2D eigenvalue weighted by Crippen LogP contribution is 2.45. The van der Waals surface area contributed by atoms with Gasteiger partial charge in [-0.15, -0.1) is 11.8 Å². The van der Waals surface area contributed by atoms with E-state index in [1.807, 2.05) is 20.8 Å². The molecule has 0 aromatic heterocycles. The standard InChI is InChI=1S/C10H17NO4S/c1-4-11-6(5-7(12)13)16-10(2,3)8(11)9(14)15/h6,8H,4-5H2,1-3H3,(H,12,13)(H,14,15). The Morgan fingerprint density at radius 2 is 1.94 bits per heavy atom. The lowest BCUT2D eigenvalue weighted by molar-refractivity contribution is -0.145. The van der Waals surface area contributed by atoms with Gasteiger partial charge in [-0.1, -0.05) is 6.92 Å². The van der Waals surface area contributed by atoms with Gasteiger partial charge in [0.05, 0.1) is 11.8 Å². The Bertz CT molecular complexity index is 305. The van der Waals surface area contributed by atoms with Gasteiger partial charge in [-0.05, 0) is 20.4 Å². The Kier molecular flexibility index (Phi) is 3.85. The van der Waals surface area contributed by atoms with Crippen LogP contribution in [0.2, 0.25) is 0 Å². The molecule has 1 rings (SSSR count). The Morgan fingerprint density at radius 1 is 1.38 bits per heavy atom. The van der Waals surface area contributed by atoms with Crippen molar-refractivity contribution in [3.05, 3.63) is 0 Å². The number of carboxylic acids is 2. The van der Waals surface area contributed by atoms with Gasteiger partial charge < -0.3 is 10.2 Å². The normalized spacial score (nSPS) is 29.2. The molecule has 1 saturated heterocycles. The molecule has 0 saturated carbocycles. The van der Waals surface area contributed by atoms with E-state index in [9.17, 15) is 14.7 Å². The van der Waals surface area contributed by atoms with Crippen LogP contribution in [-0.4, -0.2) is 49.8 Å². The zero-order chi connectivity index (χ0) is 12.5. The third-order valence-electron chi connectivity index (χ3n) is 2.75. The quantitative estimate of drug-likeness (QED) is 0.774.